The van der Waals surface area contributed by atoms with Crippen LogP contribution in [0.1, 0.15) is 0 Å². The van der Waals surface area contributed by atoms with Crippen molar-refractivity contribution in [2.75, 3.05) is 49.5 Å². The summed E-state index contributed by atoms with van der Waals surface area (Å²) < 4.78 is 46.9. The average Bonchev–Trinajstić information content (AvgIpc) is 2.84. The van der Waals surface area contributed by atoms with Gasteiger partial charge < -0.3 is 24.6 Å². The Morgan fingerprint density at radius 1 is 0.811 bits per heavy atom. The van der Waals surface area contributed by atoms with E-state index >= 15 is 0 Å². The van der Waals surface area contributed by atoms with Crippen LogP contribution < -0.4 is 19.7 Å². The fourth-order valence-corrected chi connectivity index (χ4v) is 4.52. The van der Waals surface area contributed by atoms with Crippen LogP contribution in [0.3, 0.4) is 0 Å². The Bertz CT molecular complexity index is 1190. The second-order valence-electron chi connectivity index (χ2n) is 9.00. The Morgan fingerprint density at radius 3 is 2.16 bits per heavy atom. The number of halogens is 3. The predicted octanol–water partition coefficient (Wildman–Crippen LogP) is 5.42. The number of amides is 2. The highest BCUT2D eigenvalue weighted by Crippen LogP contribution is 2.27. The highest BCUT2D eigenvalue weighted by atomic mass is 19.4. The lowest BCUT2D eigenvalue weighted by Crippen LogP contribution is -2.64. The summed E-state index contributed by atoms with van der Waals surface area (Å²) in [6.45, 7) is 4.46. The molecule has 2 amide bonds. The number of hydrogen-bond acceptors (Lipinski definition) is 5. The van der Waals surface area contributed by atoms with Crippen LogP contribution in [-0.4, -0.2) is 67.5 Å². The predicted molar refractivity (Wildman–Crippen MR) is 134 cm³/mol. The number of nitrogens with zero attached hydrogens (tertiary/aromatic N) is 3. The first-order valence-electron chi connectivity index (χ1n) is 12.1. The molecule has 0 unspecified atom stereocenters. The summed E-state index contributed by atoms with van der Waals surface area (Å²) in [5.41, 5.74) is 1.53. The van der Waals surface area contributed by atoms with Gasteiger partial charge >= 0.3 is 12.4 Å². The largest absolute Gasteiger partial charge is 0.573 e. The summed E-state index contributed by atoms with van der Waals surface area (Å²) in [5, 5.41) is 2.94. The van der Waals surface area contributed by atoms with E-state index < -0.39 is 6.36 Å². The van der Waals surface area contributed by atoms with E-state index in [1.54, 1.807) is 23.1 Å². The summed E-state index contributed by atoms with van der Waals surface area (Å²) in [6.07, 6.45) is -4.69. The second-order valence-corrected chi connectivity index (χ2v) is 9.00. The lowest BCUT2D eigenvalue weighted by atomic mass is 10.1. The minimum atomic E-state index is -4.69. The summed E-state index contributed by atoms with van der Waals surface area (Å²) in [5.74, 6) is 1.15. The van der Waals surface area contributed by atoms with Crippen LogP contribution in [0.5, 0.6) is 17.2 Å². The van der Waals surface area contributed by atoms with Gasteiger partial charge in [0.2, 0.25) is 0 Å². The normalized spacial score (nSPS) is 16.7. The van der Waals surface area contributed by atoms with E-state index in [2.05, 4.69) is 19.9 Å². The summed E-state index contributed by atoms with van der Waals surface area (Å²) >= 11 is 0. The van der Waals surface area contributed by atoms with Crippen molar-refractivity contribution >= 4 is 17.4 Å². The Hall–Kier alpha value is -3.92. The van der Waals surface area contributed by atoms with Crippen LogP contribution in [0, 0.1) is 0 Å². The Labute approximate surface area is 213 Å². The van der Waals surface area contributed by atoms with Gasteiger partial charge in [0.1, 0.15) is 17.2 Å². The van der Waals surface area contributed by atoms with E-state index in [4.69, 9.17) is 4.74 Å². The van der Waals surface area contributed by atoms with E-state index in [9.17, 15) is 18.0 Å². The summed E-state index contributed by atoms with van der Waals surface area (Å²) in [6, 6.07) is 22.9. The van der Waals surface area contributed by atoms with Gasteiger partial charge in [-0.05, 0) is 48.5 Å². The first kappa shape index (κ1) is 24.8. The van der Waals surface area contributed by atoms with Crippen molar-refractivity contribution in [1.82, 2.24) is 9.80 Å². The molecule has 2 heterocycles. The number of anilines is 2. The molecule has 2 saturated heterocycles. The van der Waals surface area contributed by atoms with Gasteiger partial charge in [-0.25, -0.2) is 4.79 Å². The maximum Gasteiger partial charge on any atom is 0.573 e. The Balaban J connectivity index is 1.06. The number of rotatable bonds is 6. The van der Waals surface area contributed by atoms with Crippen LogP contribution >= 0.6 is 0 Å². The van der Waals surface area contributed by atoms with Gasteiger partial charge in [0.05, 0.1) is 0 Å². The molecule has 5 rings (SSSR count). The molecule has 0 spiro atoms. The third-order valence-corrected chi connectivity index (χ3v) is 6.48. The fourth-order valence-electron chi connectivity index (χ4n) is 4.52. The van der Waals surface area contributed by atoms with E-state index in [1.807, 2.05) is 48.5 Å². The summed E-state index contributed by atoms with van der Waals surface area (Å²) in [4.78, 5) is 19.0. The number of urea groups is 1. The zero-order valence-corrected chi connectivity index (χ0v) is 20.0. The lowest BCUT2D eigenvalue weighted by Gasteiger charge is -2.48. The molecule has 7 nitrogen and oxygen atoms in total. The highest BCUT2D eigenvalue weighted by Gasteiger charge is 2.36. The van der Waals surface area contributed by atoms with Gasteiger partial charge in [-0.15, -0.1) is 13.2 Å². The number of para-hydroxylation sites is 1. The van der Waals surface area contributed by atoms with Crippen LogP contribution in [0.15, 0.2) is 78.9 Å². The van der Waals surface area contributed by atoms with E-state index in [0.29, 0.717) is 30.6 Å². The molecule has 194 valence electrons. The molecule has 2 fully saturated rings. The third-order valence-electron chi connectivity index (χ3n) is 6.48. The number of carbonyl (C=O) groups is 1. The monoisotopic (exact) mass is 512 g/mol. The molecule has 0 atom stereocenters. The van der Waals surface area contributed by atoms with Crippen molar-refractivity contribution < 1.29 is 27.4 Å². The molecule has 0 aromatic heterocycles. The highest BCUT2D eigenvalue weighted by molar-refractivity contribution is 5.90. The van der Waals surface area contributed by atoms with Gasteiger partial charge in [-0.3, -0.25) is 4.90 Å². The maximum absolute atomic E-state index is 12.7. The molecule has 3 aromatic carbocycles. The van der Waals surface area contributed by atoms with Gasteiger partial charge in [-0.2, -0.15) is 0 Å². The molecule has 3 aromatic rings. The van der Waals surface area contributed by atoms with Gasteiger partial charge in [0.25, 0.3) is 0 Å². The number of nitrogens with one attached hydrogen (secondary N) is 1. The molecule has 2 aliphatic rings. The fraction of sp³-hybridized carbons (Fsp3) is 0.296. The number of carbonyl (C=O) groups excluding carboxylic acids is 1. The minimum Gasteiger partial charge on any atom is -0.457 e. The molecule has 0 bridgehead atoms. The van der Waals surface area contributed by atoms with Crippen molar-refractivity contribution in [3.8, 4) is 17.2 Å². The van der Waals surface area contributed by atoms with Crippen LogP contribution in [-0.2, 0) is 0 Å². The standard InChI is InChI=1S/C27H27F3N4O3/c28-27(29,30)37-24-11-9-21(10-12-24)32-13-15-33(16-14-32)22-18-34(19-22)26(35)31-20-5-4-8-25(17-20)36-23-6-2-1-3-7-23/h1-12,17,22H,13-16,18-19H2,(H,31,35). The SMILES string of the molecule is O=C(Nc1cccc(Oc2ccccc2)c1)N1CC(N2CCN(c3ccc(OC(F)(F)F)cc3)CC2)C1. The molecule has 2 aliphatic heterocycles. The average molecular weight is 513 g/mol. The van der Waals surface area contributed by atoms with Gasteiger partial charge in [0.15, 0.2) is 0 Å². The van der Waals surface area contributed by atoms with Crippen molar-refractivity contribution in [1.29, 1.82) is 0 Å². The number of alkyl halides is 3. The zero-order valence-electron chi connectivity index (χ0n) is 20.0. The molecular weight excluding hydrogens is 485 g/mol. The second kappa shape index (κ2) is 10.6. The number of likely N-dealkylation sites (tertiary alicyclic amines) is 1. The van der Waals surface area contributed by atoms with Crippen LogP contribution in [0.25, 0.3) is 0 Å². The van der Waals surface area contributed by atoms with E-state index in [-0.39, 0.29) is 11.8 Å². The molecule has 10 heteroatoms. The molecule has 0 radical (unpaired) electrons. The molecule has 0 aliphatic carbocycles. The van der Waals surface area contributed by atoms with Crippen molar-refractivity contribution in [3.63, 3.8) is 0 Å². The number of ether oxygens (including phenoxy) is 2. The topological polar surface area (TPSA) is 57.3 Å². The lowest BCUT2D eigenvalue weighted by molar-refractivity contribution is -0.274. The van der Waals surface area contributed by atoms with Crippen molar-refractivity contribution in [2.24, 2.45) is 0 Å². The van der Waals surface area contributed by atoms with E-state index in [1.165, 1.54) is 12.1 Å². The Kier molecular flexibility index (Phi) is 7.09. The van der Waals surface area contributed by atoms with Crippen LogP contribution in [0.2, 0.25) is 0 Å². The smallest absolute Gasteiger partial charge is 0.457 e. The molecule has 1 N–H and O–H groups in total. The van der Waals surface area contributed by atoms with E-state index in [0.717, 1.165) is 37.6 Å². The van der Waals surface area contributed by atoms with Gasteiger partial charge in [0, 0.05) is 62.8 Å². The maximum atomic E-state index is 12.7. The number of piperazine rings is 1. The molecule has 0 saturated carbocycles. The van der Waals surface area contributed by atoms with Crippen molar-refractivity contribution in [3.05, 3.63) is 78.9 Å². The minimum absolute atomic E-state index is 0.145. The van der Waals surface area contributed by atoms with Crippen molar-refractivity contribution in [2.45, 2.75) is 12.4 Å². The number of hydrogen-bond donors (Lipinski definition) is 1. The first-order valence-corrected chi connectivity index (χ1v) is 12.1. The summed E-state index contributed by atoms with van der Waals surface area (Å²) in [7, 11) is 0. The Morgan fingerprint density at radius 2 is 1.49 bits per heavy atom. The molecule has 37 heavy (non-hydrogen) atoms. The quantitative estimate of drug-likeness (QED) is 0.478. The first-order chi connectivity index (χ1) is 17.8. The van der Waals surface area contributed by atoms with Gasteiger partial charge in [-0.1, -0.05) is 24.3 Å². The number of benzene rings is 3. The third kappa shape index (κ3) is 6.45. The van der Waals surface area contributed by atoms with Crippen LogP contribution in [0.4, 0.5) is 29.3 Å². The molecular formula is C27H27F3N4O3. The zero-order chi connectivity index (χ0) is 25.8.